The first-order chi connectivity index (χ1) is 13.5. The predicted octanol–water partition coefficient (Wildman–Crippen LogP) is 2.16. The Morgan fingerprint density at radius 1 is 1.07 bits per heavy atom. The van der Waals surface area contributed by atoms with E-state index in [1.165, 1.54) is 62.6 Å². The van der Waals surface area contributed by atoms with Gasteiger partial charge in [-0.05, 0) is 29.8 Å². The van der Waals surface area contributed by atoms with Gasteiger partial charge in [0.05, 0.1) is 21.3 Å². The number of piperazine rings is 1. The molecule has 1 aliphatic rings. The van der Waals surface area contributed by atoms with E-state index in [1.807, 2.05) is 0 Å². The molecule has 2 amide bonds. The van der Waals surface area contributed by atoms with Crippen molar-refractivity contribution in [1.82, 2.24) is 10.2 Å². The van der Waals surface area contributed by atoms with Crippen molar-refractivity contribution in [2.24, 2.45) is 0 Å². The molecule has 3 rings (SSSR count). The number of carbonyl (C=O) groups is 2. The van der Waals surface area contributed by atoms with Gasteiger partial charge in [0.15, 0.2) is 11.5 Å². The second kappa shape index (κ2) is 8.16. The average Bonchev–Trinajstić information content (AvgIpc) is 2.72. The van der Waals surface area contributed by atoms with Crippen LogP contribution in [0.15, 0.2) is 36.4 Å². The summed E-state index contributed by atoms with van der Waals surface area (Å²) in [5.74, 6) is -0.0624. The van der Waals surface area contributed by atoms with Gasteiger partial charge in [0.2, 0.25) is 11.7 Å². The Kier molecular flexibility index (Phi) is 5.67. The second-order valence-electron chi connectivity index (χ2n) is 6.16. The summed E-state index contributed by atoms with van der Waals surface area (Å²) in [6, 6.07) is 7.75. The summed E-state index contributed by atoms with van der Waals surface area (Å²) in [5.41, 5.74) is 0.815. The molecule has 0 bridgehead atoms. The van der Waals surface area contributed by atoms with E-state index in [0.29, 0.717) is 35.9 Å². The zero-order chi connectivity index (χ0) is 20.3. The lowest BCUT2D eigenvalue weighted by molar-refractivity contribution is -0.128. The maximum Gasteiger partial charge on any atom is 0.255 e. The smallest absolute Gasteiger partial charge is 0.255 e. The minimum Gasteiger partial charge on any atom is -0.493 e. The third-order valence-corrected chi connectivity index (χ3v) is 4.57. The van der Waals surface area contributed by atoms with Crippen molar-refractivity contribution < 1.29 is 28.2 Å². The highest BCUT2D eigenvalue weighted by Crippen LogP contribution is 2.39. The molecule has 8 heteroatoms. The Hall–Kier alpha value is -3.29. The molecule has 1 aliphatic heterocycles. The van der Waals surface area contributed by atoms with Crippen LogP contribution in [0.5, 0.6) is 17.2 Å². The molecule has 0 radical (unpaired) electrons. The van der Waals surface area contributed by atoms with E-state index in [-0.39, 0.29) is 17.4 Å². The minimum atomic E-state index is -0.860. The number of benzene rings is 2. The summed E-state index contributed by atoms with van der Waals surface area (Å²) >= 11 is 0. The number of nitrogens with zero attached hydrogens (tertiary/aromatic N) is 1. The standard InChI is InChI=1S/C20H21FN2O5/c1-26-15-10-13(11-16(27-2)18(15)28-3)20(25)23-9-8-22-19(24)17(23)12-4-6-14(21)7-5-12/h4-7,10-11,17H,8-9H2,1-3H3,(H,22,24). The van der Waals surface area contributed by atoms with E-state index in [9.17, 15) is 14.0 Å². The van der Waals surface area contributed by atoms with E-state index in [4.69, 9.17) is 14.2 Å². The van der Waals surface area contributed by atoms with Crippen LogP contribution in [0.1, 0.15) is 22.0 Å². The Morgan fingerprint density at radius 2 is 1.68 bits per heavy atom. The largest absolute Gasteiger partial charge is 0.493 e. The number of carbonyl (C=O) groups excluding carboxylic acids is 2. The van der Waals surface area contributed by atoms with Crippen LogP contribution < -0.4 is 19.5 Å². The van der Waals surface area contributed by atoms with Crippen LogP contribution >= 0.6 is 0 Å². The van der Waals surface area contributed by atoms with Crippen molar-refractivity contribution >= 4 is 11.8 Å². The third-order valence-electron chi connectivity index (χ3n) is 4.57. The van der Waals surface area contributed by atoms with Gasteiger partial charge in [-0.15, -0.1) is 0 Å². The molecule has 1 unspecified atom stereocenters. The van der Waals surface area contributed by atoms with Crippen molar-refractivity contribution in [3.63, 3.8) is 0 Å². The van der Waals surface area contributed by atoms with Gasteiger partial charge in [0.1, 0.15) is 11.9 Å². The quantitative estimate of drug-likeness (QED) is 0.850. The summed E-state index contributed by atoms with van der Waals surface area (Å²) < 4.78 is 29.2. The van der Waals surface area contributed by atoms with Gasteiger partial charge < -0.3 is 24.4 Å². The van der Waals surface area contributed by atoms with Crippen LogP contribution in [0.2, 0.25) is 0 Å². The lowest BCUT2D eigenvalue weighted by Crippen LogP contribution is -2.52. The lowest BCUT2D eigenvalue weighted by atomic mass is 10.0. The van der Waals surface area contributed by atoms with Crippen molar-refractivity contribution in [2.75, 3.05) is 34.4 Å². The Labute approximate surface area is 162 Å². The number of halogens is 1. The number of methoxy groups -OCH3 is 3. The summed E-state index contributed by atoms with van der Waals surface area (Å²) in [5, 5.41) is 2.75. The minimum absolute atomic E-state index is 0.288. The van der Waals surface area contributed by atoms with Crippen LogP contribution in [-0.2, 0) is 4.79 Å². The Balaban J connectivity index is 2.01. The molecule has 1 atom stereocenters. The Bertz CT molecular complexity index is 860. The van der Waals surface area contributed by atoms with Crippen LogP contribution in [0, 0.1) is 5.82 Å². The molecular weight excluding hydrogens is 367 g/mol. The molecule has 2 aromatic rings. The highest BCUT2D eigenvalue weighted by Gasteiger charge is 2.35. The maximum atomic E-state index is 13.3. The number of rotatable bonds is 5. The first kappa shape index (κ1) is 19.5. The van der Waals surface area contributed by atoms with Crippen LogP contribution in [0.4, 0.5) is 4.39 Å². The zero-order valence-corrected chi connectivity index (χ0v) is 15.8. The molecule has 148 valence electrons. The number of hydrogen-bond donors (Lipinski definition) is 1. The summed E-state index contributed by atoms with van der Waals surface area (Å²) in [4.78, 5) is 27.2. The topological polar surface area (TPSA) is 77.1 Å². The van der Waals surface area contributed by atoms with Gasteiger partial charge in [0.25, 0.3) is 5.91 Å². The molecule has 0 aliphatic carbocycles. The SMILES string of the molecule is COc1cc(C(=O)N2CCNC(=O)C2c2ccc(F)cc2)cc(OC)c1OC. The zero-order valence-electron chi connectivity index (χ0n) is 15.8. The molecule has 1 heterocycles. The van der Waals surface area contributed by atoms with E-state index in [1.54, 1.807) is 0 Å². The normalized spacial score (nSPS) is 16.4. The van der Waals surface area contributed by atoms with Gasteiger partial charge >= 0.3 is 0 Å². The van der Waals surface area contributed by atoms with Crippen LogP contribution in [0.3, 0.4) is 0 Å². The van der Waals surface area contributed by atoms with Gasteiger partial charge in [-0.2, -0.15) is 0 Å². The fourth-order valence-corrected chi connectivity index (χ4v) is 3.23. The molecule has 2 aromatic carbocycles. The molecule has 0 spiro atoms. The average molecular weight is 388 g/mol. The number of nitrogens with one attached hydrogen (secondary N) is 1. The van der Waals surface area contributed by atoms with E-state index >= 15 is 0 Å². The van der Waals surface area contributed by atoms with Crippen molar-refractivity contribution in [2.45, 2.75) is 6.04 Å². The van der Waals surface area contributed by atoms with Crippen molar-refractivity contribution in [1.29, 1.82) is 0 Å². The Morgan fingerprint density at radius 3 is 2.21 bits per heavy atom. The fourth-order valence-electron chi connectivity index (χ4n) is 3.23. The molecule has 1 fully saturated rings. The van der Waals surface area contributed by atoms with Crippen molar-refractivity contribution in [3.05, 3.63) is 53.3 Å². The maximum absolute atomic E-state index is 13.3. The highest BCUT2D eigenvalue weighted by atomic mass is 19.1. The van der Waals surface area contributed by atoms with E-state index in [0.717, 1.165) is 0 Å². The van der Waals surface area contributed by atoms with Crippen LogP contribution in [0.25, 0.3) is 0 Å². The molecule has 28 heavy (non-hydrogen) atoms. The predicted molar refractivity (Wildman–Crippen MR) is 99.3 cm³/mol. The summed E-state index contributed by atoms with van der Waals surface area (Å²) in [7, 11) is 4.39. The van der Waals surface area contributed by atoms with E-state index in [2.05, 4.69) is 5.32 Å². The van der Waals surface area contributed by atoms with Gasteiger partial charge in [-0.1, -0.05) is 12.1 Å². The summed E-state index contributed by atoms with van der Waals surface area (Å²) in [6.45, 7) is 0.635. The van der Waals surface area contributed by atoms with E-state index < -0.39 is 11.9 Å². The molecule has 7 nitrogen and oxygen atoms in total. The van der Waals surface area contributed by atoms with Crippen LogP contribution in [-0.4, -0.2) is 51.1 Å². The third kappa shape index (κ3) is 3.58. The molecule has 1 saturated heterocycles. The monoisotopic (exact) mass is 388 g/mol. The first-order valence-electron chi connectivity index (χ1n) is 8.64. The van der Waals surface area contributed by atoms with Crippen molar-refractivity contribution in [3.8, 4) is 17.2 Å². The van der Waals surface area contributed by atoms with Gasteiger partial charge in [0, 0.05) is 18.7 Å². The number of amides is 2. The first-order valence-corrected chi connectivity index (χ1v) is 8.64. The highest BCUT2D eigenvalue weighted by molar-refractivity contribution is 5.99. The summed E-state index contributed by atoms with van der Waals surface area (Å²) in [6.07, 6.45) is 0. The second-order valence-corrected chi connectivity index (χ2v) is 6.16. The van der Waals surface area contributed by atoms with Gasteiger partial charge in [-0.25, -0.2) is 4.39 Å². The molecular formula is C20H21FN2O5. The molecule has 0 saturated carbocycles. The molecule has 0 aromatic heterocycles. The molecule has 1 N–H and O–H groups in total. The number of ether oxygens (including phenoxy) is 3. The van der Waals surface area contributed by atoms with Gasteiger partial charge in [-0.3, -0.25) is 9.59 Å². The lowest BCUT2D eigenvalue weighted by Gasteiger charge is -2.35. The number of hydrogen-bond acceptors (Lipinski definition) is 5. The fraction of sp³-hybridized carbons (Fsp3) is 0.300.